The van der Waals surface area contributed by atoms with E-state index in [1.807, 2.05) is 37.3 Å². The molecule has 0 radical (unpaired) electrons. The molecule has 0 saturated carbocycles. The van der Waals surface area contributed by atoms with Crippen molar-refractivity contribution < 1.29 is 9.84 Å². The molecule has 1 unspecified atom stereocenters. The monoisotopic (exact) mass is 243 g/mol. The van der Waals surface area contributed by atoms with Crippen molar-refractivity contribution in [3.63, 3.8) is 0 Å². The summed E-state index contributed by atoms with van der Waals surface area (Å²) in [7, 11) is 0. The number of rotatable bonds is 4. The van der Waals surface area contributed by atoms with Crippen LogP contribution in [0.1, 0.15) is 29.7 Å². The average Bonchev–Trinajstić information content (AvgIpc) is 2.37. The van der Waals surface area contributed by atoms with E-state index in [1.54, 1.807) is 19.3 Å². The molecule has 3 nitrogen and oxygen atoms in total. The Morgan fingerprint density at radius 2 is 2.17 bits per heavy atom. The highest BCUT2D eigenvalue weighted by Crippen LogP contribution is 2.26. The molecule has 2 aromatic rings. The second kappa shape index (κ2) is 5.65. The quantitative estimate of drug-likeness (QED) is 0.897. The van der Waals surface area contributed by atoms with Gasteiger partial charge in [-0.1, -0.05) is 18.2 Å². The van der Waals surface area contributed by atoms with Crippen LogP contribution >= 0.6 is 0 Å². The van der Waals surface area contributed by atoms with Crippen LogP contribution in [0.5, 0.6) is 5.75 Å². The van der Waals surface area contributed by atoms with Gasteiger partial charge in [-0.2, -0.15) is 0 Å². The van der Waals surface area contributed by atoms with Gasteiger partial charge in [-0.05, 0) is 31.5 Å². The molecule has 1 heterocycles. The highest BCUT2D eigenvalue weighted by atomic mass is 16.5. The van der Waals surface area contributed by atoms with E-state index in [2.05, 4.69) is 4.98 Å². The predicted octanol–water partition coefficient (Wildman–Crippen LogP) is 3.02. The van der Waals surface area contributed by atoms with Crippen LogP contribution in [0.4, 0.5) is 0 Å². The summed E-state index contributed by atoms with van der Waals surface area (Å²) in [6, 6.07) is 9.66. The standard InChI is InChI=1S/C15H17NO2/c1-11-5-6-14(12(2)17)15(8-11)18-10-13-4-3-7-16-9-13/h3-9,12,17H,10H2,1-2H3. The SMILES string of the molecule is Cc1ccc(C(C)O)c(OCc2cccnc2)c1. The van der Waals surface area contributed by atoms with Crippen molar-refractivity contribution in [3.8, 4) is 5.75 Å². The Labute approximate surface area is 107 Å². The molecule has 1 aromatic heterocycles. The fourth-order valence-electron chi connectivity index (χ4n) is 1.76. The van der Waals surface area contributed by atoms with Crippen LogP contribution in [0.25, 0.3) is 0 Å². The van der Waals surface area contributed by atoms with Gasteiger partial charge in [-0.25, -0.2) is 0 Å². The van der Waals surface area contributed by atoms with E-state index in [0.29, 0.717) is 6.61 Å². The Bertz CT molecular complexity index is 509. The molecule has 0 fully saturated rings. The molecule has 94 valence electrons. The molecule has 0 aliphatic carbocycles. The average molecular weight is 243 g/mol. The van der Waals surface area contributed by atoms with Gasteiger partial charge in [0.25, 0.3) is 0 Å². The summed E-state index contributed by atoms with van der Waals surface area (Å²) in [6.07, 6.45) is 2.98. The lowest BCUT2D eigenvalue weighted by Crippen LogP contribution is -2.01. The summed E-state index contributed by atoms with van der Waals surface area (Å²) in [4.78, 5) is 4.04. The summed E-state index contributed by atoms with van der Waals surface area (Å²) in [5.74, 6) is 0.730. The first-order valence-corrected chi connectivity index (χ1v) is 5.97. The van der Waals surface area contributed by atoms with Crippen molar-refractivity contribution in [2.24, 2.45) is 0 Å². The van der Waals surface area contributed by atoms with Crippen molar-refractivity contribution in [1.82, 2.24) is 4.98 Å². The summed E-state index contributed by atoms with van der Waals surface area (Å²) < 4.78 is 5.77. The molecule has 1 atom stereocenters. The number of aryl methyl sites for hydroxylation is 1. The minimum Gasteiger partial charge on any atom is -0.488 e. The van der Waals surface area contributed by atoms with Crippen molar-refractivity contribution in [2.75, 3.05) is 0 Å². The van der Waals surface area contributed by atoms with Crippen molar-refractivity contribution in [2.45, 2.75) is 26.6 Å². The fourth-order valence-corrected chi connectivity index (χ4v) is 1.76. The number of nitrogens with zero attached hydrogens (tertiary/aromatic N) is 1. The molecule has 0 amide bonds. The molecule has 2 rings (SSSR count). The molecule has 1 N–H and O–H groups in total. The third-order valence-corrected chi connectivity index (χ3v) is 2.74. The number of aliphatic hydroxyl groups is 1. The van der Waals surface area contributed by atoms with Gasteiger partial charge in [0.05, 0.1) is 6.10 Å². The second-order valence-corrected chi connectivity index (χ2v) is 4.37. The summed E-state index contributed by atoms with van der Waals surface area (Å²) in [5, 5.41) is 9.70. The van der Waals surface area contributed by atoms with Gasteiger partial charge >= 0.3 is 0 Å². The van der Waals surface area contributed by atoms with E-state index in [0.717, 1.165) is 22.4 Å². The molecule has 3 heteroatoms. The molecule has 0 aliphatic rings. The van der Waals surface area contributed by atoms with Crippen LogP contribution in [-0.2, 0) is 6.61 Å². The number of hydrogen-bond donors (Lipinski definition) is 1. The van der Waals surface area contributed by atoms with Crippen LogP contribution in [0.15, 0.2) is 42.7 Å². The fraction of sp³-hybridized carbons (Fsp3) is 0.267. The van der Waals surface area contributed by atoms with E-state index in [9.17, 15) is 5.11 Å². The van der Waals surface area contributed by atoms with Crippen LogP contribution in [0, 0.1) is 6.92 Å². The minimum absolute atomic E-state index is 0.455. The van der Waals surface area contributed by atoms with E-state index >= 15 is 0 Å². The molecule has 18 heavy (non-hydrogen) atoms. The van der Waals surface area contributed by atoms with E-state index in [1.165, 1.54) is 0 Å². The first kappa shape index (κ1) is 12.6. The lowest BCUT2D eigenvalue weighted by Gasteiger charge is -2.14. The summed E-state index contributed by atoms with van der Waals surface area (Å²) in [6.45, 7) is 4.20. The van der Waals surface area contributed by atoms with Crippen LogP contribution in [-0.4, -0.2) is 10.1 Å². The maximum absolute atomic E-state index is 9.70. The van der Waals surface area contributed by atoms with Crippen LogP contribution < -0.4 is 4.74 Å². The summed E-state index contributed by atoms with van der Waals surface area (Å²) in [5.41, 5.74) is 2.93. The number of aliphatic hydroxyl groups excluding tert-OH is 1. The first-order chi connectivity index (χ1) is 8.66. The van der Waals surface area contributed by atoms with Gasteiger partial charge in [-0.3, -0.25) is 4.98 Å². The number of ether oxygens (including phenoxy) is 1. The molecule has 1 aromatic carbocycles. The van der Waals surface area contributed by atoms with E-state index in [4.69, 9.17) is 4.74 Å². The summed E-state index contributed by atoms with van der Waals surface area (Å²) >= 11 is 0. The van der Waals surface area contributed by atoms with Gasteiger partial charge in [0.2, 0.25) is 0 Å². The third-order valence-electron chi connectivity index (χ3n) is 2.74. The van der Waals surface area contributed by atoms with Gasteiger partial charge < -0.3 is 9.84 Å². The van der Waals surface area contributed by atoms with Gasteiger partial charge in [0, 0.05) is 23.5 Å². The number of aromatic nitrogens is 1. The lowest BCUT2D eigenvalue weighted by atomic mass is 10.1. The Hall–Kier alpha value is -1.87. The maximum Gasteiger partial charge on any atom is 0.125 e. The lowest BCUT2D eigenvalue weighted by molar-refractivity contribution is 0.190. The smallest absolute Gasteiger partial charge is 0.125 e. The number of pyridine rings is 1. The Kier molecular flexibility index (Phi) is 3.95. The van der Waals surface area contributed by atoms with Crippen LogP contribution in [0.3, 0.4) is 0 Å². The number of benzene rings is 1. The van der Waals surface area contributed by atoms with Crippen molar-refractivity contribution in [3.05, 3.63) is 59.4 Å². The highest BCUT2D eigenvalue weighted by Gasteiger charge is 2.09. The molecular weight excluding hydrogens is 226 g/mol. The first-order valence-electron chi connectivity index (χ1n) is 5.97. The Morgan fingerprint density at radius 3 is 2.83 bits per heavy atom. The molecule has 0 spiro atoms. The van der Waals surface area contributed by atoms with Crippen molar-refractivity contribution >= 4 is 0 Å². The topological polar surface area (TPSA) is 42.4 Å². The van der Waals surface area contributed by atoms with E-state index < -0.39 is 6.10 Å². The van der Waals surface area contributed by atoms with Crippen molar-refractivity contribution in [1.29, 1.82) is 0 Å². The van der Waals surface area contributed by atoms with Crippen LogP contribution in [0.2, 0.25) is 0 Å². The molecule has 0 saturated heterocycles. The highest BCUT2D eigenvalue weighted by molar-refractivity contribution is 5.38. The van der Waals surface area contributed by atoms with Gasteiger partial charge in [0.15, 0.2) is 0 Å². The normalized spacial score (nSPS) is 12.2. The van der Waals surface area contributed by atoms with E-state index in [-0.39, 0.29) is 0 Å². The van der Waals surface area contributed by atoms with Gasteiger partial charge in [-0.15, -0.1) is 0 Å². The van der Waals surface area contributed by atoms with Gasteiger partial charge in [0.1, 0.15) is 12.4 Å². The Balaban J connectivity index is 2.15. The Morgan fingerprint density at radius 1 is 1.33 bits per heavy atom. The zero-order valence-corrected chi connectivity index (χ0v) is 10.6. The second-order valence-electron chi connectivity index (χ2n) is 4.37. The molecule has 0 bridgehead atoms. The molecular formula is C15H17NO2. The zero-order chi connectivity index (χ0) is 13.0. The maximum atomic E-state index is 9.70. The zero-order valence-electron chi connectivity index (χ0n) is 10.6. The number of hydrogen-bond acceptors (Lipinski definition) is 3. The molecule has 0 aliphatic heterocycles. The third kappa shape index (κ3) is 3.08. The largest absolute Gasteiger partial charge is 0.488 e. The minimum atomic E-state index is -0.533. The predicted molar refractivity (Wildman–Crippen MR) is 70.4 cm³/mol.